The van der Waals surface area contributed by atoms with E-state index in [4.69, 9.17) is 14.2 Å². The summed E-state index contributed by atoms with van der Waals surface area (Å²) in [4.78, 5) is 25.9. The molecule has 0 bridgehead atoms. The Labute approximate surface area is 161 Å². The minimum atomic E-state index is -0.552. The van der Waals surface area contributed by atoms with Crippen molar-refractivity contribution in [1.29, 1.82) is 0 Å². The Hall–Kier alpha value is -2.50. The van der Waals surface area contributed by atoms with Crippen LogP contribution in [0.4, 0.5) is 0 Å². The van der Waals surface area contributed by atoms with Crippen molar-refractivity contribution in [3.05, 3.63) is 29.8 Å². The SMILES string of the molecule is COc1ccc(/C=C/C(=O)OCC(=O)N(C)C2CCC(C)CC2)cc1OC. The minimum absolute atomic E-state index is 0.164. The van der Waals surface area contributed by atoms with Gasteiger partial charge in [0.2, 0.25) is 0 Å². The van der Waals surface area contributed by atoms with Gasteiger partial charge in [0, 0.05) is 19.2 Å². The van der Waals surface area contributed by atoms with Gasteiger partial charge in [0.25, 0.3) is 5.91 Å². The first-order valence-electron chi connectivity index (χ1n) is 9.27. The van der Waals surface area contributed by atoms with Gasteiger partial charge in [-0.15, -0.1) is 0 Å². The van der Waals surface area contributed by atoms with Gasteiger partial charge in [0.05, 0.1) is 14.2 Å². The summed E-state index contributed by atoms with van der Waals surface area (Å²) in [7, 11) is 4.90. The molecule has 1 aliphatic rings. The van der Waals surface area contributed by atoms with Crippen molar-refractivity contribution < 1.29 is 23.8 Å². The molecular weight excluding hydrogens is 346 g/mol. The molecule has 0 N–H and O–H groups in total. The average molecular weight is 375 g/mol. The van der Waals surface area contributed by atoms with Crippen molar-refractivity contribution in [3.63, 3.8) is 0 Å². The lowest BCUT2D eigenvalue weighted by atomic mass is 9.87. The Balaban J connectivity index is 1.83. The van der Waals surface area contributed by atoms with Crippen LogP contribution in [0.2, 0.25) is 0 Å². The molecule has 148 valence electrons. The van der Waals surface area contributed by atoms with Crippen LogP contribution in [-0.2, 0) is 14.3 Å². The zero-order valence-corrected chi connectivity index (χ0v) is 16.6. The molecule has 1 amide bonds. The van der Waals surface area contributed by atoms with Crippen molar-refractivity contribution in [2.24, 2.45) is 5.92 Å². The van der Waals surface area contributed by atoms with Crippen molar-refractivity contribution >= 4 is 18.0 Å². The highest BCUT2D eigenvalue weighted by atomic mass is 16.5. The number of hydrogen-bond acceptors (Lipinski definition) is 5. The molecule has 0 aromatic heterocycles. The topological polar surface area (TPSA) is 65.1 Å². The van der Waals surface area contributed by atoms with E-state index in [2.05, 4.69) is 6.92 Å². The molecule has 0 unspecified atom stereocenters. The number of methoxy groups -OCH3 is 2. The minimum Gasteiger partial charge on any atom is -0.493 e. The van der Waals surface area contributed by atoms with Crippen LogP contribution in [-0.4, -0.2) is 50.7 Å². The summed E-state index contributed by atoms with van der Waals surface area (Å²) in [6.45, 7) is 2.00. The highest BCUT2D eigenvalue weighted by Crippen LogP contribution is 2.28. The average Bonchev–Trinajstić information content (AvgIpc) is 2.70. The third kappa shape index (κ3) is 6.01. The molecule has 0 aliphatic heterocycles. The number of carbonyl (C=O) groups excluding carboxylic acids is 2. The predicted molar refractivity (Wildman–Crippen MR) is 104 cm³/mol. The van der Waals surface area contributed by atoms with E-state index in [9.17, 15) is 9.59 Å². The zero-order valence-electron chi connectivity index (χ0n) is 16.6. The van der Waals surface area contributed by atoms with E-state index in [-0.39, 0.29) is 18.6 Å². The number of likely N-dealkylation sites (N-methyl/N-ethyl adjacent to an activating group) is 1. The highest BCUT2D eigenvalue weighted by Gasteiger charge is 2.25. The van der Waals surface area contributed by atoms with Crippen LogP contribution in [0, 0.1) is 5.92 Å². The fraction of sp³-hybridized carbons (Fsp3) is 0.524. The Bertz CT molecular complexity index is 677. The summed E-state index contributed by atoms with van der Waals surface area (Å²) in [5, 5.41) is 0. The van der Waals surface area contributed by atoms with Crippen molar-refractivity contribution in [2.45, 2.75) is 38.6 Å². The third-order valence-corrected chi connectivity index (χ3v) is 5.08. The van der Waals surface area contributed by atoms with Crippen LogP contribution < -0.4 is 9.47 Å². The van der Waals surface area contributed by atoms with Gasteiger partial charge in [0.1, 0.15) is 0 Å². The number of ether oxygens (including phenoxy) is 3. The highest BCUT2D eigenvalue weighted by molar-refractivity contribution is 5.89. The maximum Gasteiger partial charge on any atom is 0.331 e. The molecule has 1 aromatic rings. The molecule has 27 heavy (non-hydrogen) atoms. The van der Waals surface area contributed by atoms with Gasteiger partial charge in [0.15, 0.2) is 18.1 Å². The second-order valence-corrected chi connectivity index (χ2v) is 6.97. The van der Waals surface area contributed by atoms with E-state index in [0.717, 1.165) is 37.2 Å². The normalized spacial score (nSPS) is 19.6. The molecule has 1 aromatic carbocycles. The Morgan fingerprint density at radius 3 is 2.41 bits per heavy atom. The molecule has 0 heterocycles. The lowest BCUT2D eigenvalue weighted by molar-refractivity contribution is -0.148. The van der Waals surface area contributed by atoms with Crippen LogP contribution in [0.25, 0.3) is 6.08 Å². The lowest BCUT2D eigenvalue weighted by Crippen LogP contribution is -2.41. The fourth-order valence-electron chi connectivity index (χ4n) is 3.24. The lowest BCUT2D eigenvalue weighted by Gasteiger charge is -2.33. The second-order valence-electron chi connectivity index (χ2n) is 6.97. The van der Waals surface area contributed by atoms with Crippen molar-refractivity contribution in [3.8, 4) is 11.5 Å². The Kier molecular flexibility index (Phi) is 7.70. The second kappa shape index (κ2) is 10.00. The van der Waals surface area contributed by atoms with Gasteiger partial charge < -0.3 is 19.1 Å². The number of benzene rings is 1. The fourth-order valence-corrected chi connectivity index (χ4v) is 3.24. The van der Waals surface area contributed by atoms with Gasteiger partial charge in [-0.05, 0) is 55.4 Å². The molecule has 0 saturated heterocycles. The third-order valence-electron chi connectivity index (χ3n) is 5.08. The summed E-state index contributed by atoms with van der Waals surface area (Å²) < 4.78 is 15.5. The van der Waals surface area contributed by atoms with E-state index in [1.165, 1.54) is 6.08 Å². The number of carbonyl (C=O) groups is 2. The summed E-state index contributed by atoms with van der Waals surface area (Å²) in [6.07, 6.45) is 7.21. The van der Waals surface area contributed by atoms with Crippen LogP contribution >= 0.6 is 0 Å². The van der Waals surface area contributed by atoms with Crippen molar-refractivity contribution in [2.75, 3.05) is 27.9 Å². The monoisotopic (exact) mass is 375 g/mol. The van der Waals surface area contributed by atoms with E-state index < -0.39 is 5.97 Å². The van der Waals surface area contributed by atoms with Gasteiger partial charge >= 0.3 is 5.97 Å². The van der Waals surface area contributed by atoms with E-state index in [1.807, 2.05) is 0 Å². The van der Waals surface area contributed by atoms with Gasteiger partial charge in [-0.1, -0.05) is 13.0 Å². The summed E-state index contributed by atoms with van der Waals surface area (Å²) in [5.74, 6) is 1.20. The molecule has 1 fully saturated rings. The molecular formula is C21H29NO5. The number of esters is 1. The summed E-state index contributed by atoms with van der Waals surface area (Å²) in [5.41, 5.74) is 0.768. The standard InChI is InChI=1S/C21H29NO5/c1-15-5-9-17(10-6-15)22(2)20(23)14-27-21(24)12-8-16-7-11-18(25-3)19(13-16)26-4/h7-8,11-13,15,17H,5-6,9-10,14H2,1-4H3/b12-8+. The summed E-state index contributed by atoms with van der Waals surface area (Å²) >= 11 is 0. The predicted octanol–water partition coefficient (Wildman–Crippen LogP) is 3.30. The smallest absolute Gasteiger partial charge is 0.331 e. The first-order chi connectivity index (χ1) is 12.9. The van der Waals surface area contributed by atoms with Gasteiger partial charge in [-0.2, -0.15) is 0 Å². The first kappa shape index (κ1) is 20.8. The van der Waals surface area contributed by atoms with Crippen LogP contribution in [0.3, 0.4) is 0 Å². The van der Waals surface area contributed by atoms with Gasteiger partial charge in [-0.25, -0.2) is 4.79 Å². The zero-order chi connectivity index (χ0) is 19.8. The number of hydrogen-bond donors (Lipinski definition) is 0. The molecule has 1 aliphatic carbocycles. The molecule has 1 saturated carbocycles. The first-order valence-corrected chi connectivity index (χ1v) is 9.27. The van der Waals surface area contributed by atoms with E-state index >= 15 is 0 Å². The number of nitrogens with zero attached hydrogens (tertiary/aromatic N) is 1. The largest absolute Gasteiger partial charge is 0.493 e. The molecule has 2 rings (SSSR count). The van der Waals surface area contributed by atoms with Gasteiger partial charge in [-0.3, -0.25) is 4.79 Å². The molecule has 6 nitrogen and oxygen atoms in total. The quantitative estimate of drug-likeness (QED) is 0.540. The maximum absolute atomic E-state index is 12.3. The summed E-state index contributed by atoms with van der Waals surface area (Å²) in [6, 6.07) is 5.56. The van der Waals surface area contributed by atoms with E-state index in [0.29, 0.717) is 11.5 Å². The van der Waals surface area contributed by atoms with E-state index in [1.54, 1.807) is 50.4 Å². The van der Waals surface area contributed by atoms with Crippen molar-refractivity contribution in [1.82, 2.24) is 4.90 Å². The molecule has 0 spiro atoms. The molecule has 0 atom stereocenters. The number of rotatable bonds is 7. The Morgan fingerprint density at radius 2 is 1.78 bits per heavy atom. The maximum atomic E-state index is 12.3. The van der Waals surface area contributed by atoms with Crippen LogP contribution in [0.15, 0.2) is 24.3 Å². The Morgan fingerprint density at radius 1 is 1.11 bits per heavy atom. The molecule has 0 radical (unpaired) electrons. The number of amides is 1. The van der Waals surface area contributed by atoms with Crippen LogP contribution in [0.1, 0.15) is 38.2 Å². The van der Waals surface area contributed by atoms with Crippen LogP contribution in [0.5, 0.6) is 11.5 Å². The molecule has 6 heteroatoms.